The van der Waals surface area contributed by atoms with E-state index in [-0.39, 0.29) is 13.0 Å². The van der Waals surface area contributed by atoms with Crippen molar-refractivity contribution in [3.05, 3.63) is 6.20 Å². The Hall–Kier alpha value is -1.74. The van der Waals surface area contributed by atoms with Gasteiger partial charge < -0.3 is 15.5 Å². The van der Waals surface area contributed by atoms with Crippen LogP contribution >= 0.6 is 11.5 Å². The van der Waals surface area contributed by atoms with Gasteiger partial charge in [-0.05, 0) is 0 Å². The highest BCUT2D eigenvalue weighted by molar-refractivity contribution is 7.10. The number of aliphatic carboxylic acids is 1. The number of carboxylic acids is 1. The number of carbonyl (C=O) groups is 2. The van der Waals surface area contributed by atoms with Gasteiger partial charge >= 0.3 is 12.0 Å². The normalized spacial score (nSPS) is 11.8. The first kappa shape index (κ1) is 12.3. The first-order valence-corrected chi connectivity index (χ1v) is 5.10. The van der Waals surface area contributed by atoms with Crippen LogP contribution < -0.4 is 10.6 Å². The van der Waals surface area contributed by atoms with E-state index in [1.165, 1.54) is 6.20 Å². The highest BCUT2D eigenvalue weighted by atomic mass is 32.1. The molecule has 4 N–H and O–H groups in total. The third kappa shape index (κ3) is 4.19. The maximum Gasteiger partial charge on any atom is 0.332 e. The average Bonchev–Trinajstić information content (AvgIpc) is 2.70. The van der Waals surface area contributed by atoms with Gasteiger partial charge in [-0.1, -0.05) is 4.49 Å². The van der Waals surface area contributed by atoms with E-state index in [1.54, 1.807) is 0 Å². The Morgan fingerprint density at radius 1 is 1.56 bits per heavy atom. The lowest BCUT2D eigenvalue weighted by Crippen LogP contribution is -2.32. The zero-order chi connectivity index (χ0) is 12.0. The standard InChI is InChI=1S/C7H10N4O4S/c12-4(6(13)14)1-2-8-7(15)10-5-3-9-11-16-5/h3-4,12H,1-2H2,(H,13,14)(H2,8,10,15)/t4-/m0/s1. The molecule has 0 spiro atoms. The minimum atomic E-state index is -1.47. The number of nitrogens with zero attached hydrogens (tertiary/aromatic N) is 2. The van der Waals surface area contributed by atoms with Crippen molar-refractivity contribution in [1.29, 1.82) is 0 Å². The minimum Gasteiger partial charge on any atom is -0.479 e. The van der Waals surface area contributed by atoms with E-state index in [1.807, 2.05) is 0 Å². The summed E-state index contributed by atoms with van der Waals surface area (Å²) < 4.78 is 3.54. The molecular formula is C7H10N4O4S. The van der Waals surface area contributed by atoms with Crippen molar-refractivity contribution in [2.75, 3.05) is 11.9 Å². The predicted octanol–water partition coefficient (Wildman–Crippen LogP) is -0.505. The van der Waals surface area contributed by atoms with Crippen LogP contribution in [0.3, 0.4) is 0 Å². The van der Waals surface area contributed by atoms with Crippen molar-refractivity contribution in [2.24, 2.45) is 0 Å². The number of aromatic nitrogens is 2. The van der Waals surface area contributed by atoms with Crippen molar-refractivity contribution >= 4 is 28.5 Å². The second-order valence-corrected chi connectivity index (χ2v) is 3.59. The van der Waals surface area contributed by atoms with Crippen LogP contribution in [-0.2, 0) is 4.79 Å². The van der Waals surface area contributed by atoms with Crippen LogP contribution in [0.2, 0.25) is 0 Å². The smallest absolute Gasteiger partial charge is 0.332 e. The number of carbonyl (C=O) groups excluding carboxylic acids is 1. The van der Waals surface area contributed by atoms with Crippen LogP contribution in [0, 0.1) is 0 Å². The Kier molecular flexibility index (Phi) is 4.61. The summed E-state index contributed by atoms with van der Waals surface area (Å²) in [6, 6.07) is -0.497. The quantitative estimate of drug-likeness (QED) is 0.555. The molecule has 9 heteroatoms. The summed E-state index contributed by atoms with van der Waals surface area (Å²) in [4.78, 5) is 21.4. The van der Waals surface area contributed by atoms with Crippen LogP contribution in [0.25, 0.3) is 0 Å². The number of rotatable bonds is 5. The molecule has 1 rings (SSSR count). The van der Waals surface area contributed by atoms with Crippen molar-refractivity contribution in [3.63, 3.8) is 0 Å². The zero-order valence-corrected chi connectivity index (χ0v) is 8.90. The summed E-state index contributed by atoms with van der Waals surface area (Å²) in [6.07, 6.45) is -0.134. The van der Waals surface area contributed by atoms with Crippen LogP contribution in [0.15, 0.2) is 6.20 Å². The molecule has 0 aliphatic heterocycles. The third-order valence-corrected chi connectivity index (χ3v) is 2.17. The number of amides is 2. The lowest BCUT2D eigenvalue weighted by atomic mass is 10.2. The van der Waals surface area contributed by atoms with E-state index < -0.39 is 18.1 Å². The third-order valence-electron chi connectivity index (χ3n) is 1.59. The maximum absolute atomic E-state index is 11.2. The minimum absolute atomic E-state index is 0.0519. The molecule has 16 heavy (non-hydrogen) atoms. The largest absolute Gasteiger partial charge is 0.479 e. The van der Waals surface area contributed by atoms with Crippen molar-refractivity contribution < 1.29 is 19.8 Å². The van der Waals surface area contributed by atoms with Gasteiger partial charge in [-0.2, -0.15) is 0 Å². The molecule has 0 unspecified atom stereocenters. The predicted molar refractivity (Wildman–Crippen MR) is 55.2 cm³/mol. The van der Waals surface area contributed by atoms with Crippen LogP contribution in [0.5, 0.6) is 0 Å². The molecule has 0 bridgehead atoms. The molecule has 0 aliphatic rings. The Bertz CT molecular complexity index is 355. The molecule has 8 nitrogen and oxygen atoms in total. The Morgan fingerprint density at radius 2 is 2.31 bits per heavy atom. The summed E-state index contributed by atoms with van der Waals surface area (Å²) in [5, 5.41) is 26.1. The summed E-state index contributed by atoms with van der Waals surface area (Å²) in [6.45, 7) is 0.0610. The van der Waals surface area contributed by atoms with Gasteiger partial charge in [-0.3, -0.25) is 5.32 Å². The fraction of sp³-hybridized carbons (Fsp3) is 0.429. The van der Waals surface area contributed by atoms with Gasteiger partial charge in [0.15, 0.2) is 6.10 Å². The number of anilines is 1. The molecule has 1 aromatic heterocycles. The summed E-state index contributed by atoms with van der Waals surface area (Å²) >= 11 is 1.02. The number of carboxylic acid groups (broad SMARTS) is 1. The van der Waals surface area contributed by atoms with Crippen LogP contribution in [0.4, 0.5) is 9.80 Å². The lowest BCUT2D eigenvalue weighted by molar-refractivity contribution is -0.146. The van der Waals surface area contributed by atoms with Gasteiger partial charge in [-0.15, -0.1) is 5.10 Å². The number of nitrogens with one attached hydrogen (secondary N) is 2. The van der Waals surface area contributed by atoms with Crippen molar-refractivity contribution in [1.82, 2.24) is 14.9 Å². The SMILES string of the molecule is O=C(NCC[C@H](O)C(=O)O)Nc1cnns1. The van der Waals surface area contributed by atoms with Gasteiger partial charge in [0.05, 0.1) is 6.20 Å². The second-order valence-electron chi connectivity index (χ2n) is 2.81. The molecule has 0 aromatic carbocycles. The van der Waals surface area contributed by atoms with Gasteiger partial charge in [0, 0.05) is 24.5 Å². The molecule has 88 valence electrons. The first-order chi connectivity index (χ1) is 7.59. The fourth-order valence-corrected chi connectivity index (χ4v) is 1.24. The number of aliphatic hydroxyl groups is 1. The van der Waals surface area contributed by atoms with Gasteiger partial charge in [0.25, 0.3) is 0 Å². The molecule has 0 radical (unpaired) electrons. The number of urea groups is 1. The highest BCUT2D eigenvalue weighted by Gasteiger charge is 2.12. The van der Waals surface area contributed by atoms with Crippen molar-refractivity contribution in [2.45, 2.75) is 12.5 Å². The van der Waals surface area contributed by atoms with E-state index in [0.717, 1.165) is 11.5 Å². The first-order valence-electron chi connectivity index (χ1n) is 4.32. The van der Waals surface area contributed by atoms with Crippen molar-refractivity contribution in [3.8, 4) is 0 Å². The summed E-state index contributed by atoms with van der Waals surface area (Å²) in [5.74, 6) is -1.31. The molecule has 2 amide bonds. The highest BCUT2D eigenvalue weighted by Crippen LogP contribution is 2.08. The molecule has 1 aromatic rings. The maximum atomic E-state index is 11.2. The number of hydrogen-bond donors (Lipinski definition) is 4. The van der Waals surface area contributed by atoms with E-state index in [2.05, 4.69) is 20.2 Å². The van der Waals surface area contributed by atoms with Gasteiger partial charge in [-0.25, -0.2) is 9.59 Å². The van der Waals surface area contributed by atoms with Crippen LogP contribution in [-0.4, -0.2) is 44.4 Å². The Balaban J connectivity index is 2.18. The Morgan fingerprint density at radius 3 is 2.88 bits per heavy atom. The zero-order valence-electron chi connectivity index (χ0n) is 8.08. The number of aliphatic hydroxyl groups excluding tert-OH is 1. The molecule has 0 saturated carbocycles. The van der Waals surface area contributed by atoms with E-state index >= 15 is 0 Å². The van der Waals surface area contributed by atoms with Gasteiger partial charge in [0.1, 0.15) is 5.00 Å². The fourth-order valence-electron chi connectivity index (χ4n) is 0.824. The lowest BCUT2D eigenvalue weighted by Gasteiger charge is -2.07. The monoisotopic (exact) mass is 246 g/mol. The molecule has 1 heterocycles. The van der Waals surface area contributed by atoms with Gasteiger partial charge in [0.2, 0.25) is 0 Å². The van der Waals surface area contributed by atoms with E-state index in [0.29, 0.717) is 5.00 Å². The molecule has 0 fully saturated rings. The topological polar surface area (TPSA) is 124 Å². The van der Waals surface area contributed by atoms with E-state index in [9.17, 15) is 9.59 Å². The molecule has 0 aliphatic carbocycles. The van der Waals surface area contributed by atoms with Crippen LogP contribution in [0.1, 0.15) is 6.42 Å². The Labute approximate surface area is 94.5 Å². The summed E-state index contributed by atoms with van der Waals surface area (Å²) in [7, 11) is 0. The number of hydrogen-bond acceptors (Lipinski definition) is 6. The summed E-state index contributed by atoms with van der Waals surface area (Å²) in [5.41, 5.74) is 0. The molecule has 1 atom stereocenters. The molecular weight excluding hydrogens is 236 g/mol. The average molecular weight is 246 g/mol. The molecule has 0 saturated heterocycles. The van der Waals surface area contributed by atoms with E-state index in [4.69, 9.17) is 10.2 Å². The second kappa shape index (κ2) is 5.98.